The summed E-state index contributed by atoms with van der Waals surface area (Å²) in [7, 11) is 2.88. The fraction of sp³-hybridized carbons (Fsp3) is 0.167. The summed E-state index contributed by atoms with van der Waals surface area (Å²) >= 11 is 0. The van der Waals surface area contributed by atoms with Gasteiger partial charge in [-0.1, -0.05) is 12.1 Å². The Morgan fingerprint density at radius 1 is 1.25 bits per heavy atom. The molecule has 0 radical (unpaired) electrons. The van der Waals surface area contributed by atoms with Gasteiger partial charge in [0.05, 0.1) is 19.7 Å². The van der Waals surface area contributed by atoms with E-state index in [1.54, 1.807) is 13.2 Å². The maximum absolute atomic E-state index is 11.4. The number of carbonyl (C=O) groups is 1. The van der Waals surface area contributed by atoms with Crippen molar-refractivity contribution in [2.24, 2.45) is 0 Å². The van der Waals surface area contributed by atoms with E-state index in [9.17, 15) is 4.79 Å². The van der Waals surface area contributed by atoms with Crippen molar-refractivity contribution in [2.45, 2.75) is 0 Å². The molecule has 0 atom stereocenters. The maximum atomic E-state index is 11.4. The number of benzene rings is 1. The van der Waals surface area contributed by atoms with Crippen LogP contribution >= 0.6 is 0 Å². The van der Waals surface area contributed by atoms with Crippen LogP contribution in [-0.4, -0.2) is 25.2 Å². The van der Waals surface area contributed by atoms with Crippen molar-refractivity contribution in [1.82, 2.24) is 4.98 Å². The molecule has 0 fully saturated rings. The molecule has 4 nitrogen and oxygen atoms in total. The molecule has 2 rings (SSSR count). The lowest BCUT2D eigenvalue weighted by Crippen LogP contribution is -2.05. The molecule has 1 aromatic carbocycles. The summed E-state index contributed by atoms with van der Waals surface area (Å²) in [6, 6.07) is 9.04. The highest BCUT2D eigenvalue weighted by atomic mass is 16.5. The van der Waals surface area contributed by atoms with Crippen LogP contribution in [0.5, 0.6) is 5.75 Å². The third kappa shape index (κ3) is 1.69. The van der Waals surface area contributed by atoms with Gasteiger partial charge in [-0.3, -0.25) is 0 Å². The zero-order valence-corrected chi connectivity index (χ0v) is 9.06. The van der Waals surface area contributed by atoms with Crippen molar-refractivity contribution in [3.05, 3.63) is 36.0 Å². The zero-order valence-electron chi connectivity index (χ0n) is 9.06. The van der Waals surface area contributed by atoms with Crippen molar-refractivity contribution in [2.75, 3.05) is 14.2 Å². The van der Waals surface area contributed by atoms with Gasteiger partial charge in [0.25, 0.3) is 0 Å². The highest BCUT2D eigenvalue weighted by Gasteiger charge is 2.11. The van der Waals surface area contributed by atoms with Crippen LogP contribution < -0.4 is 4.74 Å². The monoisotopic (exact) mass is 217 g/mol. The number of aromatic nitrogens is 1. The number of hydrogen-bond donors (Lipinski definition) is 0. The minimum absolute atomic E-state index is 0.248. The molecule has 82 valence electrons. The lowest BCUT2D eigenvalue weighted by molar-refractivity contribution is 0.0594. The highest BCUT2D eigenvalue weighted by Crippen LogP contribution is 2.25. The molecule has 4 heteroatoms. The van der Waals surface area contributed by atoms with Gasteiger partial charge < -0.3 is 9.47 Å². The van der Waals surface area contributed by atoms with Crippen molar-refractivity contribution in [3.63, 3.8) is 0 Å². The van der Waals surface area contributed by atoms with Gasteiger partial charge in [-0.15, -0.1) is 0 Å². The second-order valence-electron chi connectivity index (χ2n) is 3.22. The van der Waals surface area contributed by atoms with Crippen molar-refractivity contribution in [1.29, 1.82) is 0 Å². The van der Waals surface area contributed by atoms with Crippen LogP contribution in [0.3, 0.4) is 0 Å². The predicted octanol–water partition coefficient (Wildman–Crippen LogP) is 2.03. The van der Waals surface area contributed by atoms with Gasteiger partial charge in [0, 0.05) is 11.5 Å². The third-order valence-corrected chi connectivity index (χ3v) is 2.29. The number of methoxy groups -OCH3 is 2. The van der Waals surface area contributed by atoms with Gasteiger partial charge in [0.15, 0.2) is 5.69 Å². The molecule has 0 aliphatic carbocycles. The molecule has 0 aliphatic rings. The SMILES string of the molecule is COC(=O)c1cc(OC)c2ccccc2n1. The van der Waals surface area contributed by atoms with E-state index in [4.69, 9.17) is 4.74 Å². The molecule has 1 heterocycles. The Kier molecular flexibility index (Phi) is 2.72. The molecule has 2 aromatic rings. The molecule has 0 spiro atoms. The summed E-state index contributed by atoms with van der Waals surface area (Å²) in [5.41, 5.74) is 0.959. The molecule has 16 heavy (non-hydrogen) atoms. The van der Waals surface area contributed by atoms with Crippen LogP contribution in [0.15, 0.2) is 30.3 Å². The van der Waals surface area contributed by atoms with Crippen LogP contribution in [0.4, 0.5) is 0 Å². The standard InChI is InChI=1S/C12H11NO3/c1-15-11-7-10(12(14)16-2)13-9-6-4-3-5-8(9)11/h3-7H,1-2H3. The Labute approximate surface area is 92.8 Å². The number of para-hydroxylation sites is 1. The van der Waals surface area contributed by atoms with Crippen LogP contribution in [-0.2, 0) is 4.74 Å². The first-order valence-corrected chi connectivity index (χ1v) is 4.78. The first kappa shape index (κ1) is 10.4. The fourth-order valence-corrected chi connectivity index (χ4v) is 1.52. The predicted molar refractivity (Wildman–Crippen MR) is 59.6 cm³/mol. The summed E-state index contributed by atoms with van der Waals surface area (Å²) in [5, 5.41) is 0.873. The van der Waals surface area contributed by atoms with E-state index >= 15 is 0 Å². The van der Waals surface area contributed by atoms with E-state index in [0.29, 0.717) is 11.3 Å². The van der Waals surface area contributed by atoms with E-state index in [0.717, 1.165) is 5.39 Å². The van der Waals surface area contributed by atoms with Crippen molar-refractivity contribution < 1.29 is 14.3 Å². The zero-order chi connectivity index (χ0) is 11.5. The molecule has 0 unspecified atom stereocenters. The number of pyridine rings is 1. The summed E-state index contributed by atoms with van der Waals surface area (Å²) in [5.74, 6) is 0.148. The molecule has 0 amide bonds. The van der Waals surface area contributed by atoms with Crippen LogP contribution in [0.1, 0.15) is 10.5 Å². The Morgan fingerprint density at radius 3 is 2.69 bits per heavy atom. The normalized spacial score (nSPS) is 10.1. The van der Waals surface area contributed by atoms with E-state index < -0.39 is 5.97 Å². The summed E-state index contributed by atoms with van der Waals surface area (Å²) in [6.07, 6.45) is 0. The second kappa shape index (κ2) is 4.18. The van der Waals surface area contributed by atoms with E-state index in [1.807, 2.05) is 24.3 Å². The maximum Gasteiger partial charge on any atom is 0.356 e. The lowest BCUT2D eigenvalue weighted by atomic mass is 10.2. The molecular weight excluding hydrogens is 206 g/mol. The average molecular weight is 217 g/mol. The summed E-state index contributed by atoms with van der Waals surface area (Å²) < 4.78 is 9.84. The minimum Gasteiger partial charge on any atom is -0.496 e. The largest absolute Gasteiger partial charge is 0.496 e. The smallest absolute Gasteiger partial charge is 0.356 e. The fourth-order valence-electron chi connectivity index (χ4n) is 1.52. The number of fused-ring (bicyclic) bond motifs is 1. The van der Waals surface area contributed by atoms with Gasteiger partial charge in [-0.2, -0.15) is 0 Å². The Morgan fingerprint density at radius 2 is 2.00 bits per heavy atom. The molecule has 0 aliphatic heterocycles. The second-order valence-corrected chi connectivity index (χ2v) is 3.22. The Bertz CT molecular complexity index is 537. The Balaban J connectivity index is 2.68. The molecule has 0 saturated carbocycles. The number of nitrogens with zero attached hydrogens (tertiary/aromatic N) is 1. The topological polar surface area (TPSA) is 48.4 Å². The van der Waals surface area contributed by atoms with Gasteiger partial charge in [0.1, 0.15) is 5.75 Å². The number of esters is 1. The van der Waals surface area contributed by atoms with E-state index in [-0.39, 0.29) is 5.69 Å². The molecular formula is C12H11NO3. The van der Waals surface area contributed by atoms with Crippen LogP contribution in [0.2, 0.25) is 0 Å². The number of carbonyl (C=O) groups excluding carboxylic acids is 1. The van der Waals surface area contributed by atoms with Gasteiger partial charge in [-0.05, 0) is 12.1 Å². The number of hydrogen-bond acceptors (Lipinski definition) is 4. The molecule has 0 N–H and O–H groups in total. The number of ether oxygens (including phenoxy) is 2. The molecule has 1 aromatic heterocycles. The average Bonchev–Trinajstić information content (AvgIpc) is 2.36. The van der Waals surface area contributed by atoms with Crippen molar-refractivity contribution >= 4 is 16.9 Å². The van der Waals surface area contributed by atoms with Crippen LogP contribution in [0.25, 0.3) is 10.9 Å². The van der Waals surface area contributed by atoms with Gasteiger partial charge in [0.2, 0.25) is 0 Å². The minimum atomic E-state index is -0.468. The third-order valence-electron chi connectivity index (χ3n) is 2.29. The molecule has 0 saturated heterocycles. The first-order chi connectivity index (χ1) is 7.76. The quantitative estimate of drug-likeness (QED) is 0.722. The van der Waals surface area contributed by atoms with E-state index in [1.165, 1.54) is 7.11 Å². The highest BCUT2D eigenvalue weighted by molar-refractivity contribution is 5.93. The van der Waals surface area contributed by atoms with Gasteiger partial charge >= 0.3 is 5.97 Å². The molecule has 0 bridgehead atoms. The van der Waals surface area contributed by atoms with E-state index in [2.05, 4.69) is 9.72 Å². The summed E-state index contributed by atoms with van der Waals surface area (Å²) in [4.78, 5) is 15.6. The van der Waals surface area contributed by atoms with Crippen LogP contribution in [0, 0.1) is 0 Å². The lowest BCUT2D eigenvalue weighted by Gasteiger charge is -2.06. The summed E-state index contributed by atoms with van der Waals surface area (Å²) in [6.45, 7) is 0. The number of rotatable bonds is 2. The van der Waals surface area contributed by atoms with Crippen molar-refractivity contribution in [3.8, 4) is 5.75 Å². The first-order valence-electron chi connectivity index (χ1n) is 4.78. The van der Waals surface area contributed by atoms with Gasteiger partial charge in [-0.25, -0.2) is 9.78 Å². The Hall–Kier alpha value is -2.10.